The lowest BCUT2D eigenvalue weighted by molar-refractivity contribution is -0.151. The van der Waals surface area contributed by atoms with E-state index in [2.05, 4.69) is 48.6 Å². The molecule has 2 aromatic carbocycles. The molecule has 2 aliphatic carbocycles. The van der Waals surface area contributed by atoms with Gasteiger partial charge in [0, 0.05) is 12.8 Å². The minimum absolute atomic E-state index is 0.0527. The first-order valence-electron chi connectivity index (χ1n) is 13.8. The summed E-state index contributed by atoms with van der Waals surface area (Å²) in [4.78, 5) is 37.0. The highest BCUT2D eigenvalue weighted by atomic mass is 16.5. The van der Waals surface area contributed by atoms with Gasteiger partial charge < -0.3 is 14.8 Å². The average Bonchev–Trinajstić information content (AvgIpc) is 3.12. The standard InChI is InChI=1S/C32H39NO5/c1-21-12-4-5-18-28(23(21)13-10-11-19-30(32(36)37-3)33-22(2)34)31(35)38-20-29-26-16-8-6-14-24(26)25-15-7-9-17-27(25)29/h6-11,14-17,21,23,28-30H,4-5,12-13,18-20H2,1-3H3,(H,33,34)/b11-10+/t21?,23?,28?,30-/m0/s1. The smallest absolute Gasteiger partial charge is 0.328 e. The number of fused-ring (bicyclic) bond motifs is 3. The van der Waals surface area contributed by atoms with Crippen molar-refractivity contribution >= 4 is 17.8 Å². The summed E-state index contributed by atoms with van der Waals surface area (Å²) in [5, 5.41) is 2.63. The normalized spacial score (nSPS) is 21.7. The summed E-state index contributed by atoms with van der Waals surface area (Å²) < 4.78 is 10.9. The van der Waals surface area contributed by atoms with E-state index in [1.165, 1.54) is 36.3 Å². The lowest BCUT2D eigenvalue weighted by Gasteiger charge is -2.28. The monoisotopic (exact) mass is 517 g/mol. The van der Waals surface area contributed by atoms with Gasteiger partial charge in [-0.25, -0.2) is 4.79 Å². The number of rotatable bonds is 9. The largest absolute Gasteiger partial charge is 0.467 e. The molecule has 0 radical (unpaired) electrons. The summed E-state index contributed by atoms with van der Waals surface area (Å²) in [6, 6.07) is 16.0. The number of methoxy groups -OCH3 is 1. The van der Waals surface area contributed by atoms with E-state index in [9.17, 15) is 14.4 Å². The second-order valence-electron chi connectivity index (χ2n) is 10.6. The Kier molecular flexibility index (Phi) is 9.38. The van der Waals surface area contributed by atoms with Gasteiger partial charge in [0.1, 0.15) is 12.6 Å². The van der Waals surface area contributed by atoms with Gasteiger partial charge in [0.25, 0.3) is 0 Å². The summed E-state index contributed by atoms with van der Waals surface area (Å²) in [6.07, 6.45) is 9.07. The van der Waals surface area contributed by atoms with Gasteiger partial charge in [-0.15, -0.1) is 0 Å². The first-order chi connectivity index (χ1) is 18.4. The van der Waals surface area contributed by atoms with Crippen LogP contribution in [0.15, 0.2) is 60.7 Å². The third-order valence-corrected chi connectivity index (χ3v) is 8.14. The summed E-state index contributed by atoms with van der Waals surface area (Å²) in [7, 11) is 1.31. The Morgan fingerprint density at radius 3 is 2.24 bits per heavy atom. The first-order valence-corrected chi connectivity index (χ1v) is 13.8. The molecule has 0 aromatic heterocycles. The number of carbonyl (C=O) groups excluding carboxylic acids is 3. The zero-order valence-electron chi connectivity index (χ0n) is 22.7. The van der Waals surface area contributed by atoms with E-state index in [-0.39, 0.29) is 29.6 Å². The molecule has 3 unspecified atom stereocenters. The van der Waals surface area contributed by atoms with Crippen LogP contribution in [0.25, 0.3) is 11.1 Å². The number of esters is 2. The number of carbonyl (C=O) groups is 3. The van der Waals surface area contributed by atoms with Crippen LogP contribution >= 0.6 is 0 Å². The van der Waals surface area contributed by atoms with Crippen molar-refractivity contribution in [3.05, 3.63) is 71.8 Å². The SMILES string of the molecule is COC(=O)[C@H](C/C=C/CC1C(C)CCCCC1C(=O)OCC1c2ccccc2-c2ccccc21)NC(C)=O. The van der Waals surface area contributed by atoms with Crippen LogP contribution in [0.3, 0.4) is 0 Å². The Morgan fingerprint density at radius 1 is 0.974 bits per heavy atom. The molecular weight excluding hydrogens is 478 g/mol. The molecule has 1 saturated carbocycles. The number of ether oxygens (including phenoxy) is 2. The van der Waals surface area contributed by atoms with E-state index in [1.807, 2.05) is 24.3 Å². The van der Waals surface area contributed by atoms with Crippen molar-refractivity contribution in [3.8, 4) is 11.1 Å². The molecule has 38 heavy (non-hydrogen) atoms. The minimum Gasteiger partial charge on any atom is -0.467 e. The summed E-state index contributed by atoms with van der Waals surface area (Å²) in [6.45, 7) is 3.95. The molecular formula is C32H39NO5. The maximum absolute atomic E-state index is 13.5. The molecule has 0 saturated heterocycles. The molecule has 0 spiro atoms. The van der Waals surface area contributed by atoms with Gasteiger partial charge in [-0.1, -0.05) is 86.9 Å². The quantitative estimate of drug-likeness (QED) is 0.258. The van der Waals surface area contributed by atoms with Crippen molar-refractivity contribution in [2.75, 3.05) is 13.7 Å². The predicted molar refractivity (Wildman–Crippen MR) is 147 cm³/mol. The second-order valence-corrected chi connectivity index (χ2v) is 10.6. The van der Waals surface area contributed by atoms with Crippen LogP contribution in [-0.2, 0) is 23.9 Å². The fraction of sp³-hybridized carbons (Fsp3) is 0.469. The second kappa shape index (κ2) is 12.9. The van der Waals surface area contributed by atoms with Crippen molar-refractivity contribution < 1.29 is 23.9 Å². The van der Waals surface area contributed by atoms with Crippen molar-refractivity contribution in [1.29, 1.82) is 0 Å². The van der Waals surface area contributed by atoms with Crippen LogP contribution in [0.5, 0.6) is 0 Å². The molecule has 202 valence electrons. The number of hydrogen-bond donors (Lipinski definition) is 1. The van der Waals surface area contributed by atoms with Crippen molar-refractivity contribution in [3.63, 3.8) is 0 Å². The highest BCUT2D eigenvalue weighted by molar-refractivity contribution is 5.83. The lowest BCUT2D eigenvalue weighted by atomic mass is 9.79. The van der Waals surface area contributed by atoms with Crippen molar-refractivity contribution in [2.45, 2.75) is 64.3 Å². The molecule has 1 amide bonds. The maximum Gasteiger partial charge on any atom is 0.328 e. The van der Waals surface area contributed by atoms with Crippen molar-refractivity contribution in [1.82, 2.24) is 5.32 Å². The Balaban J connectivity index is 1.42. The van der Waals surface area contributed by atoms with Gasteiger partial charge in [-0.2, -0.15) is 0 Å². The van der Waals surface area contributed by atoms with Gasteiger partial charge >= 0.3 is 11.9 Å². The molecule has 0 aliphatic heterocycles. The fourth-order valence-corrected chi connectivity index (χ4v) is 6.14. The van der Waals surface area contributed by atoms with Gasteiger partial charge in [-0.3, -0.25) is 9.59 Å². The zero-order chi connectivity index (χ0) is 27.1. The van der Waals surface area contributed by atoms with E-state index in [0.717, 1.165) is 32.1 Å². The number of benzene rings is 2. The molecule has 1 N–H and O–H groups in total. The van der Waals surface area contributed by atoms with E-state index in [4.69, 9.17) is 9.47 Å². The van der Waals surface area contributed by atoms with E-state index in [1.54, 1.807) is 0 Å². The van der Waals surface area contributed by atoms with Gasteiger partial charge in [0.15, 0.2) is 0 Å². The van der Waals surface area contributed by atoms with Crippen LogP contribution in [0.2, 0.25) is 0 Å². The van der Waals surface area contributed by atoms with Crippen LogP contribution in [0, 0.1) is 17.8 Å². The van der Waals surface area contributed by atoms with Crippen LogP contribution in [-0.4, -0.2) is 37.6 Å². The predicted octanol–water partition coefficient (Wildman–Crippen LogP) is 5.80. The number of allylic oxidation sites excluding steroid dienone is 1. The Labute approximate surface area is 225 Å². The summed E-state index contributed by atoms with van der Waals surface area (Å²) in [5.41, 5.74) is 4.88. The van der Waals surface area contributed by atoms with Gasteiger partial charge in [0.2, 0.25) is 5.91 Å². The molecule has 1 fully saturated rings. The van der Waals surface area contributed by atoms with Crippen LogP contribution in [0.4, 0.5) is 0 Å². The lowest BCUT2D eigenvalue weighted by Crippen LogP contribution is -2.39. The molecule has 6 nitrogen and oxygen atoms in total. The van der Waals surface area contributed by atoms with E-state index < -0.39 is 12.0 Å². The van der Waals surface area contributed by atoms with E-state index in [0.29, 0.717) is 18.9 Å². The maximum atomic E-state index is 13.5. The number of amides is 1. The van der Waals surface area contributed by atoms with Gasteiger partial charge in [-0.05, 0) is 53.4 Å². The molecule has 4 atom stereocenters. The summed E-state index contributed by atoms with van der Waals surface area (Å²) >= 11 is 0. The molecule has 2 aliphatic rings. The zero-order valence-corrected chi connectivity index (χ0v) is 22.7. The topological polar surface area (TPSA) is 81.7 Å². The minimum atomic E-state index is -0.710. The Morgan fingerprint density at radius 2 is 1.61 bits per heavy atom. The third kappa shape index (κ3) is 6.35. The number of nitrogens with one attached hydrogen (secondary N) is 1. The van der Waals surface area contributed by atoms with Crippen molar-refractivity contribution in [2.24, 2.45) is 17.8 Å². The summed E-state index contributed by atoms with van der Waals surface area (Å²) in [5.74, 6) is -0.399. The highest BCUT2D eigenvalue weighted by Gasteiger charge is 2.36. The van der Waals surface area contributed by atoms with Crippen LogP contribution < -0.4 is 5.32 Å². The third-order valence-electron chi connectivity index (χ3n) is 8.14. The average molecular weight is 518 g/mol. The van der Waals surface area contributed by atoms with E-state index >= 15 is 0 Å². The Bertz CT molecular complexity index is 1130. The number of hydrogen-bond acceptors (Lipinski definition) is 5. The molecule has 0 heterocycles. The highest BCUT2D eigenvalue weighted by Crippen LogP contribution is 2.45. The molecule has 4 rings (SSSR count). The molecule has 2 aromatic rings. The van der Waals surface area contributed by atoms with Gasteiger partial charge in [0.05, 0.1) is 13.0 Å². The van der Waals surface area contributed by atoms with Crippen LogP contribution in [0.1, 0.15) is 69.4 Å². The fourth-order valence-electron chi connectivity index (χ4n) is 6.14. The molecule has 6 heteroatoms. The first kappa shape index (κ1) is 27.6. The Hall–Kier alpha value is -3.41. The molecule has 0 bridgehead atoms.